The average molecular weight is 286 g/mol. The predicted octanol–water partition coefficient (Wildman–Crippen LogP) is 3.00. The highest BCUT2D eigenvalue weighted by Gasteiger charge is 2.11. The summed E-state index contributed by atoms with van der Waals surface area (Å²) in [5.41, 5.74) is 1.14. The van der Waals surface area contributed by atoms with Crippen molar-refractivity contribution >= 4 is 22.6 Å². The van der Waals surface area contributed by atoms with E-state index in [0.717, 1.165) is 5.69 Å². The molecule has 0 N–H and O–H groups in total. The van der Waals surface area contributed by atoms with Gasteiger partial charge in [0.1, 0.15) is 5.82 Å². The highest BCUT2D eigenvalue weighted by Crippen LogP contribution is 2.15. The molecule has 0 aliphatic heterocycles. The highest BCUT2D eigenvalue weighted by atomic mass is 35.5. The van der Waals surface area contributed by atoms with Gasteiger partial charge in [-0.3, -0.25) is 9.36 Å². The number of pyridine rings is 1. The van der Waals surface area contributed by atoms with E-state index in [0.29, 0.717) is 28.3 Å². The first kappa shape index (κ1) is 12.8. The minimum atomic E-state index is -0.109. The lowest BCUT2D eigenvalue weighted by Gasteiger charge is -2.11. The SMILES string of the molecule is CCc1nc2ncccc2c(=O)n1-c1ccc(Cl)cc1. The zero-order chi connectivity index (χ0) is 14.1. The van der Waals surface area contributed by atoms with Gasteiger partial charge < -0.3 is 0 Å². The molecule has 0 amide bonds. The molecule has 0 fully saturated rings. The Morgan fingerprint density at radius 2 is 1.95 bits per heavy atom. The zero-order valence-electron chi connectivity index (χ0n) is 10.9. The number of nitrogens with zero attached hydrogens (tertiary/aromatic N) is 3. The number of hydrogen-bond donors (Lipinski definition) is 0. The molecule has 100 valence electrons. The van der Waals surface area contributed by atoms with E-state index >= 15 is 0 Å². The van der Waals surface area contributed by atoms with Gasteiger partial charge in [-0.25, -0.2) is 9.97 Å². The van der Waals surface area contributed by atoms with Gasteiger partial charge in [0.2, 0.25) is 0 Å². The van der Waals surface area contributed by atoms with E-state index in [1.165, 1.54) is 0 Å². The number of benzene rings is 1. The maximum absolute atomic E-state index is 12.6. The lowest BCUT2D eigenvalue weighted by atomic mass is 10.2. The molecule has 0 radical (unpaired) electrons. The van der Waals surface area contributed by atoms with Crippen LogP contribution >= 0.6 is 11.6 Å². The smallest absolute Gasteiger partial charge is 0.267 e. The van der Waals surface area contributed by atoms with Crippen LogP contribution in [0.25, 0.3) is 16.7 Å². The van der Waals surface area contributed by atoms with Gasteiger partial charge in [-0.05, 0) is 36.4 Å². The lowest BCUT2D eigenvalue weighted by molar-refractivity contribution is 0.829. The van der Waals surface area contributed by atoms with Crippen LogP contribution < -0.4 is 5.56 Å². The zero-order valence-corrected chi connectivity index (χ0v) is 11.6. The van der Waals surface area contributed by atoms with Crippen molar-refractivity contribution in [3.63, 3.8) is 0 Å². The fourth-order valence-corrected chi connectivity index (χ4v) is 2.28. The van der Waals surface area contributed by atoms with E-state index in [2.05, 4.69) is 9.97 Å². The number of aromatic nitrogens is 3. The summed E-state index contributed by atoms with van der Waals surface area (Å²) < 4.78 is 1.61. The minimum absolute atomic E-state index is 0.109. The first-order valence-corrected chi connectivity index (χ1v) is 6.71. The van der Waals surface area contributed by atoms with Crippen LogP contribution in [0.3, 0.4) is 0 Å². The molecule has 0 atom stereocenters. The molecule has 0 spiro atoms. The second-order valence-electron chi connectivity index (χ2n) is 4.37. The molecule has 20 heavy (non-hydrogen) atoms. The topological polar surface area (TPSA) is 47.8 Å². The van der Waals surface area contributed by atoms with Crippen LogP contribution in [0.5, 0.6) is 0 Å². The molecule has 0 saturated carbocycles. The summed E-state index contributed by atoms with van der Waals surface area (Å²) in [7, 11) is 0. The number of fused-ring (bicyclic) bond motifs is 1. The molecule has 3 aromatic rings. The Morgan fingerprint density at radius 1 is 1.20 bits per heavy atom. The van der Waals surface area contributed by atoms with Crippen LogP contribution in [-0.2, 0) is 6.42 Å². The van der Waals surface area contributed by atoms with Crippen LogP contribution in [0.15, 0.2) is 47.4 Å². The van der Waals surface area contributed by atoms with Crippen LogP contribution in [0.2, 0.25) is 5.02 Å². The molecule has 0 saturated heterocycles. The number of aryl methyl sites for hydroxylation is 1. The van der Waals surface area contributed by atoms with Crippen LogP contribution in [0.1, 0.15) is 12.7 Å². The first-order chi connectivity index (χ1) is 9.70. The summed E-state index contributed by atoms with van der Waals surface area (Å²) in [5.74, 6) is 0.684. The van der Waals surface area contributed by atoms with Gasteiger partial charge in [0.25, 0.3) is 5.56 Å². The van der Waals surface area contributed by atoms with Gasteiger partial charge in [0.15, 0.2) is 5.65 Å². The van der Waals surface area contributed by atoms with Crippen LogP contribution in [0.4, 0.5) is 0 Å². The molecule has 2 aromatic heterocycles. The van der Waals surface area contributed by atoms with Crippen molar-refractivity contribution in [2.75, 3.05) is 0 Å². The molecule has 0 unspecified atom stereocenters. The third kappa shape index (κ3) is 2.08. The Kier molecular flexibility index (Phi) is 3.24. The number of halogens is 1. The van der Waals surface area contributed by atoms with E-state index in [1.54, 1.807) is 35.0 Å². The molecule has 3 rings (SSSR count). The monoisotopic (exact) mass is 285 g/mol. The predicted molar refractivity (Wildman–Crippen MR) is 79.5 cm³/mol. The third-order valence-corrected chi connectivity index (χ3v) is 3.37. The summed E-state index contributed by atoms with van der Waals surface area (Å²) in [6, 6.07) is 10.6. The Morgan fingerprint density at radius 3 is 2.65 bits per heavy atom. The van der Waals surface area contributed by atoms with E-state index in [9.17, 15) is 4.79 Å². The minimum Gasteiger partial charge on any atom is -0.268 e. The van der Waals surface area contributed by atoms with Crippen molar-refractivity contribution in [1.82, 2.24) is 14.5 Å². The Labute approximate surface area is 120 Å². The Balaban J connectivity index is 2.36. The molecule has 0 aliphatic rings. The molecule has 5 heteroatoms. The molecular formula is C15H12ClN3O. The molecule has 4 nitrogen and oxygen atoms in total. The summed E-state index contributed by atoms with van der Waals surface area (Å²) in [5, 5.41) is 1.15. The Bertz CT molecular complexity index is 825. The van der Waals surface area contributed by atoms with Crippen molar-refractivity contribution in [3.05, 3.63) is 63.8 Å². The number of hydrogen-bond acceptors (Lipinski definition) is 3. The van der Waals surface area contributed by atoms with Crippen molar-refractivity contribution in [2.45, 2.75) is 13.3 Å². The van der Waals surface area contributed by atoms with Gasteiger partial charge in [-0.2, -0.15) is 0 Å². The number of rotatable bonds is 2. The van der Waals surface area contributed by atoms with Crippen molar-refractivity contribution in [1.29, 1.82) is 0 Å². The summed E-state index contributed by atoms with van der Waals surface area (Å²) in [6.07, 6.45) is 2.28. The van der Waals surface area contributed by atoms with E-state index in [-0.39, 0.29) is 5.56 Å². The maximum Gasteiger partial charge on any atom is 0.267 e. The van der Waals surface area contributed by atoms with E-state index in [4.69, 9.17) is 11.6 Å². The molecule has 1 aromatic carbocycles. The second-order valence-corrected chi connectivity index (χ2v) is 4.81. The highest BCUT2D eigenvalue weighted by molar-refractivity contribution is 6.30. The quantitative estimate of drug-likeness (QED) is 0.727. The summed E-state index contributed by atoms with van der Waals surface area (Å²) in [4.78, 5) is 21.3. The van der Waals surface area contributed by atoms with E-state index < -0.39 is 0 Å². The third-order valence-electron chi connectivity index (χ3n) is 3.11. The second kappa shape index (κ2) is 5.06. The summed E-state index contributed by atoms with van der Waals surface area (Å²) >= 11 is 5.89. The van der Waals surface area contributed by atoms with Crippen molar-refractivity contribution in [3.8, 4) is 5.69 Å². The molecule has 0 aliphatic carbocycles. The van der Waals surface area contributed by atoms with Crippen LogP contribution in [0, 0.1) is 0 Å². The largest absolute Gasteiger partial charge is 0.268 e. The fourth-order valence-electron chi connectivity index (χ4n) is 2.16. The van der Waals surface area contributed by atoms with Crippen molar-refractivity contribution < 1.29 is 0 Å². The molecular weight excluding hydrogens is 274 g/mol. The standard InChI is InChI=1S/C15H12ClN3O/c1-2-13-18-14-12(4-3-9-17-14)15(20)19(13)11-7-5-10(16)6-8-11/h3-9H,2H2,1H3. The van der Waals surface area contributed by atoms with Gasteiger partial charge in [-0.15, -0.1) is 0 Å². The van der Waals surface area contributed by atoms with Gasteiger partial charge in [0, 0.05) is 17.6 Å². The molecule has 0 bridgehead atoms. The first-order valence-electron chi connectivity index (χ1n) is 6.33. The van der Waals surface area contributed by atoms with Crippen molar-refractivity contribution in [2.24, 2.45) is 0 Å². The fraction of sp³-hybridized carbons (Fsp3) is 0.133. The Hall–Kier alpha value is -2.20. The van der Waals surface area contributed by atoms with Gasteiger partial charge >= 0.3 is 0 Å². The lowest BCUT2D eigenvalue weighted by Crippen LogP contribution is -2.23. The van der Waals surface area contributed by atoms with E-state index in [1.807, 2.05) is 19.1 Å². The normalized spacial score (nSPS) is 10.9. The average Bonchev–Trinajstić information content (AvgIpc) is 2.48. The maximum atomic E-state index is 12.6. The van der Waals surface area contributed by atoms with Gasteiger partial charge in [-0.1, -0.05) is 18.5 Å². The van der Waals surface area contributed by atoms with Crippen LogP contribution in [-0.4, -0.2) is 14.5 Å². The molecule has 2 heterocycles. The summed E-state index contributed by atoms with van der Waals surface area (Å²) in [6.45, 7) is 1.96. The van der Waals surface area contributed by atoms with Gasteiger partial charge in [0.05, 0.1) is 11.1 Å².